The van der Waals surface area contributed by atoms with Gasteiger partial charge in [-0.15, -0.1) is 11.3 Å². The van der Waals surface area contributed by atoms with Gasteiger partial charge in [0.15, 0.2) is 5.82 Å². The molecule has 6 aromatic carbocycles. The molecule has 0 atom stereocenters. The van der Waals surface area contributed by atoms with Gasteiger partial charge in [-0.3, -0.25) is 0 Å². The Morgan fingerprint density at radius 3 is 1.49 bits per heavy atom. The number of rotatable bonds is 6. The van der Waals surface area contributed by atoms with Gasteiger partial charge in [-0.05, 0) is 53.1 Å². The van der Waals surface area contributed by atoms with Crippen molar-refractivity contribution in [1.29, 1.82) is 0 Å². The maximum atomic E-state index is 5.26. The normalized spacial score (nSPS) is 11.3. The van der Waals surface area contributed by atoms with Gasteiger partial charge in [0.25, 0.3) is 0 Å². The summed E-state index contributed by atoms with van der Waals surface area (Å²) in [5.41, 5.74) is 12.5. The lowest BCUT2D eigenvalue weighted by molar-refractivity contribution is 1.18. The molecule has 49 heavy (non-hydrogen) atoms. The molecule has 0 aliphatic heterocycles. The fourth-order valence-corrected chi connectivity index (χ4v) is 7.63. The summed E-state index contributed by atoms with van der Waals surface area (Å²) in [6, 6.07) is 61.4. The average molecular weight is 644 g/mol. The Labute approximate surface area is 288 Å². The summed E-state index contributed by atoms with van der Waals surface area (Å²) in [6.45, 7) is 0. The quantitative estimate of drug-likeness (QED) is 0.181. The van der Waals surface area contributed by atoms with Gasteiger partial charge >= 0.3 is 0 Å². The average Bonchev–Trinajstić information content (AvgIpc) is 3.57. The molecule has 3 nitrogen and oxygen atoms in total. The van der Waals surface area contributed by atoms with Gasteiger partial charge in [0.05, 0.1) is 27.3 Å². The maximum absolute atomic E-state index is 5.26. The minimum atomic E-state index is 0.700. The number of fused-ring (bicyclic) bond motifs is 3. The molecule has 3 aromatic heterocycles. The first-order valence-electron chi connectivity index (χ1n) is 16.4. The van der Waals surface area contributed by atoms with Crippen LogP contribution in [0.1, 0.15) is 0 Å². The van der Waals surface area contributed by atoms with Gasteiger partial charge in [-0.25, -0.2) is 15.0 Å². The zero-order valence-electron chi connectivity index (χ0n) is 26.5. The van der Waals surface area contributed by atoms with Crippen molar-refractivity contribution in [2.75, 3.05) is 0 Å². The number of thiophene rings is 1. The zero-order valence-corrected chi connectivity index (χ0v) is 27.3. The molecule has 0 unspecified atom stereocenters. The van der Waals surface area contributed by atoms with Gasteiger partial charge in [-0.2, -0.15) is 0 Å². The Morgan fingerprint density at radius 2 is 0.837 bits per heavy atom. The van der Waals surface area contributed by atoms with Gasteiger partial charge in [0.1, 0.15) is 0 Å². The number of benzene rings is 6. The summed E-state index contributed by atoms with van der Waals surface area (Å²) in [4.78, 5) is 15.5. The van der Waals surface area contributed by atoms with Crippen molar-refractivity contribution in [3.63, 3.8) is 0 Å². The summed E-state index contributed by atoms with van der Waals surface area (Å²) in [6.07, 6.45) is 0. The predicted octanol–water partition coefficient (Wildman–Crippen LogP) is 12.2. The Balaban J connectivity index is 1.33. The Morgan fingerprint density at radius 1 is 0.347 bits per heavy atom. The lowest BCUT2D eigenvalue weighted by Crippen LogP contribution is -1.96. The number of pyridine rings is 1. The number of hydrogen-bond donors (Lipinski definition) is 0. The second kappa shape index (κ2) is 12.4. The first-order chi connectivity index (χ1) is 24.3. The fraction of sp³-hybridized carbons (Fsp3) is 0. The van der Waals surface area contributed by atoms with Crippen molar-refractivity contribution in [1.82, 2.24) is 15.0 Å². The van der Waals surface area contributed by atoms with Gasteiger partial charge in [-0.1, -0.05) is 140 Å². The highest BCUT2D eigenvalue weighted by Gasteiger charge is 2.18. The second-order valence-electron chi connectivity index (χ2n) is 12.1. The molecular weight excluding hydrogens is 615 g/mol. The van der Waals surface area contributed by atoms with E-state index in [-0.39, 0.29) is 0 Å². The Hall–Kier alpha value is -6.23. The van der Waals surface area contributed by atoms with Gasteiger partial charge < -0.3 is 0 Å². The van der Waals surface area contributed by atoms with Crippen LogP contribution >= 0.6 is 11.3 Å². The standard InChI is InChI=1S/C45H29N3S/c1-5-15-30(16-6-1)34-25-35(38-28-39(31-17-7-2-8-18-31)46-43-37-23-13-14-24-42(37)49-44(38)43)27-36(26-34)41-29-40(32-19-9-3-10-20-32)47-45(48-41)33-21-11-4-12-22-33/h1-29H. The zero-order chi connectivity index (χ0) is 32.6. The van der Waals surface area contributed by atoms with Crippen LogP contribution in [0.25, 0.3) is 87.7 Å². The van der Waals surface area contributed by atoms with E-state index in [2.05, 4.69) is 146 Å². The molecule has 0 saturated carbocycles. The van der Waals surface area contributed by atoms with Crippen LogP contribution in [-0.4, -0.2) is 15.0 Å². The molecule has 0 amide bonds. The van der Waals surface area contributed by atoms with Crippen LogP contribution in [0.2, 0.25) is 0 Å². The molecule has 0 radical (unpaired) electrons. The van der Waals surface area contributed by atoms with E-state index in [0.717, 1.165) is 67.1 Å². The lowest BCUT2D eigenvalue weighted by atomic mass is 9.93. The maximum Gasteiger partial charge on any atom is 0.160 e. The van der Waals surface area contributed by atoms with E-state index in [0.29, 0.717) is 5.82 Å². The van der Waals surface area contributed by atoms with E-state index in [1.807, 2.05) is 30.3 Å². The highest BCUT2D eigenvalue weighted by Crippen LogP contribution is 2.43. The minimum absolute atomic E-state index is 0.700. The monoisotopic (exact) mass is 643 g/mol. The van der Waals surface area contributed by atoms with Crippen LogP contribution in [0.3, 0.4) is 0 Å². The second-order valence-corrected chi connectivity index (χ2v) is 13.1. The smallest absolute Gasteiger partial charge is 0.160 e. The summed E-state index contributed by atoms with van der Waals surface area (Å²) in [5, 5.41) is 1.18. The van der Waals surface area contributed by atoms with Crippen LogP contribution in [0.15, 0.2) is 176 Å². The molecule has 9 rings (SSSR count). The highest BCUT2D eigenvalue weighted by atomic mass is 32.1. The van der Waals surface area contributed by atoms with E-state index >= 15 is 0 Å². The summed E-state index contributed by atoms with van der Waals surface area (Å²) in [7, 11) is 0. The number of nitrogens with zero attached hydrogens (tertiary/aromatic N) is 3. The predicted molar refractivity (Wildman–Crippen MR) is 205 cm³/mol. The Bertz CT molecular complexity index is 2520. The molecule has 0 fully saturated rings. The van der Waals surface area contributed by atoms with E-state index in [1.165, 1.54) is 14.8 Å². The molecule has 4 heteroatoms. The van der Waals surface area contributed by atoms with E-state index in [9.17, 15) is 0 Å². The van der Waals surface area contributed by atoms with E-state index in [4.69, 9.17) is 15.0 Å². The van der Waals surface area contributed by atoms with Crippen molar-refractivity contribution in [3.8, 4) is 67.4 Å². The third-order valence-corrected chi connectivity index (χ3v) is 10.1. The van der Waals surface area contributed by atoms with Crippen molar-refractivity contribution in [2.45, 2.75) is 0 Å². The Kier molecular flexibility index (Phi) is 7.34. The third-order valence-electron chi connectivity index (χ3n) is 8.87. The molecule has 230 valence electrons. The third kappa shape index (κ3) is 5.58. The summed E-state index contributed by atoms with van der Waals surface area (Å²) < 4.78 is 2.40. The van der Waals surface area contributed by atoms with Crippen molar-refractivity contribution in [2.24, 2.45) is 0 Å². The van der Waals surface area contributed by atoms with Gasteiger partial charge in [0, 0.05) is 37.9 Å². The first kappa shape index (κ1) is 29.0. The largest absolute Gasteiger partial charge is 0.246 e. The molecule has 9 aromatic rings. The number of aromatic nitrogens is 3. The van der Waals surface area contributed by atoms with Crippen LogP contribution in [0.4, 0.5) is 0 Å². The minimum Gasteiger partial charge on any atom is -0.246 e. The molecule has 0 aliphatic carbocycles. The molecule has 0 saturated heterocycles. The van der Waals surface area contributed by atoms with E-state index in [1.54, 1.807) is 11.3 Å². The lowest BCUT2D eigenvalue weighted by Gasteiger charge is -2.14. The molecular formula is C45H29N3S. The van der Waals surface area contributed by atoms with Crippen molar-refractivity contribution in [3.05, 3.63) is 176 Å². The van der Waals surface area contributed by atoms with Crippen LogP contribution in [-0.2, 0) is 0 Å². The van der Waals surface area contributed by atoms with Gasteiger partial charge in [0.2, 0.25) is 0 Å². The number of hydrogen-bond acceptors (Lipinski definition) is 4. The van der Waals surface area contributed by atoms with E-state index < -0.39 is 0 Å². The molecule has 0 bridgehead atoms. The molecule has 0 aliphatic rings. The van der Waals surface area contributed by atoms with Crippen LogP contribution in [0, 0.1) is 0 Å². The van der Waals surface area contributed by atoms with Crippen LogP contribution < -0.4 is 0 Å². The first-order valence-corrected chi connectivity index (χ1v) is 17.2. The van der Waals surface area contributed by atoms with Crippen molar-refractivity contribution < 1.29 is 0 Å². The highest BCUT2D eigenvalue weighted by molar-refractivity contribution is 7.26. The summed E-state index contributed by atoms with van der Waals surface area (Å²) in [5.74, 6) is 0.700. The molecule has 3 heterocycles. The SMILES string of the molecule is c1ccc(-c2cc(-c3cc(-c4ccccc4)nc(-c4ccccc4)n3)cc(-c3cc(-c4ccccc4)nc4c3sc3ccccc34)c2)cc1. The van der Waals surface area contributed by atoms with Crippen LogP contribution in [0.5, 0.6) is 0 Å². The molecule has 0 spiro atoms. The topological polar surface area (TPSA) is 38.7 Å². The molecule has 0 N–H and O–H groups in total. The summed E-state index contributed by atoms with van der Waals surface area (Å²) >= 11 is 1.80. The van der Waals surface area contributed by atoms with Crippen molar-refractivity contribution >= 4 is 31.6 Å². The fourth-order valence-electron chi connectivity index (χ4n) is 6.45.